The molecule has 0 atom stereocenters. The van der Waals surface area contributed by atoms with Gasteiger partial charge in [-0.05, 0) is 24.1 Å². The van der Waals surface area contributed by atoms with E-state index in [-0.39, 0.29) is 0 Å². The predicted molar refractivity (Wildman–Crippen MR) is 48.3 cm³/mol. The van der Waals surface area contributed by atoms with Gasteiger partial charge in [0.05, 0.1) is 0 Å². The molecule has 3 heteroatoms. The summed E-state index contributed by atoms with van der Waals surface area (Å²) in [6.07, 6.45) is 2.44. The largest absolute Gasteiger partial charge is 0.399 e. The summed E-state index contributed by atoms with van der Waals surface area (Å²) in [5.41, 5.74) is 7.42. The van der Waals surface area contributed by atoms with Crippen LogP contribution in [-0.4, -0.2) is 13.0 Å². The molecule has 0 aliphatic heterocycles. The van der Waals surface area contributed by atoms with Gasteiger partial charge in [-0.2, -0.15) is 0 Å². The van der Waals surface area contributed by atoms with Crippen molar-refractivity contribution in [2.45, 2.75) is 6.42 Å². The van der Waals surface area contributed by atoms with Crippen LogP contribution in [0.15, 0.2) is 24.3 Å². The van der Waals surface area contributed by atoms with E-state index < -0.39 is 0 Å². The Morgan fingerprint density at radius 3 is 2.58 bits per heavy atom. The number of hydrogen-bond acceptors (Lipinski definition) is 2. The van der Waals surface area contributed by atoms with Crippen LogP contribution in [-0.2, 0) is 11.2 Å². The number of carbonyl (C=O) groups excluding carboxylic acids is 1. The molecule has 1 amide bonds. The van der Waals surface area contributed by atoms with Crippen molar-refractivity contribution in [3.05, 3.63) is 29.8 Å². The second-order valence-electron chi connectivity index (χ2n) is 2.52. The van der Waals surface area contributed by atoms with Crippen molar-refractivity contribution in [2.75, 3.05) is 12.3 Å². The normalized spacial score (nSPS) is 9.33. The van der Waals surface area contributed by atoms with Crippen LogP contribution in [0.3, 0.4) is 0 Å². The lowest BCUT2D eigenvalue weighted by atomic mass is 10.1. The molecule has 0 saturated carbocycles. The molecule has 0 heterocycles. The van der Waals surface area contributed by atoms with Crippen LogP contribution in [0.4, 0.5) is 5.69 Å². The summed E-state index contributed by atoms with van der Waals surface area (Å²) >= 11 is 0. The lowest BCUT2D eigenvalue weighted by molar-refractivity contribution is 0.542. The minimum atomic E-state index is 0.618. The summed E-state index contributed by atoms with van der Waals surface area (Å²) in [7, 11) is 0. The van der Waals surface area contributed by atoms with E-state index in [2.05, 4.69) is 5.32 Å². The number of hydrogen-bond donors (Lipinski definition) is 2. The van der Waals surface area contributed by atoms with E-state index in [0.717, 1.165) is 17.7 Å². The quantitative estimate of drug-likeness (QED) is 0.385. The summed E-state index contributed by atoms with van der Waals surface area (Å²) < 4.78 is 0. The molecule has 1 radical (unpaired) electrons. The third kappa shape index (κ3) is 2.62. The molecule has 1 aromatic carbocycles. The lowest BCUT2D eigenvalue weighted by Gasteiger charge is -1.99. The molecule has 0 aliphatic rings. The summed E-state index contributed by atoms with van der Waals surface area (Å²) in [4.78, 5) is 9.79. The number of rotatable bonds is 4. The third-order valence-electron chi connectivity index (χ3n) is 1.59. The average molecular weight is 163 g/mol. The van der Waals surface area contributed by atoms with Crippen molar-refractivity contribution in [2.24, 2.45) is 0 Å². The van der Waals surface area contributed by atoms with Crippen LogP contribution in [0.5, 0.6) is 0 Å². The van der Waals surface area contributed by atoms with E-state index in [1.165, 1.54) is 0 Å². The van der Waals surface area contributed by atoms with Crippen LogP contribution in [0.2, 0.25) is 0 Å². The van der Waals surface area contributed by atoms with Gasteiger partial charge in [-0.1, -0.05) is 12.1 Å². The Morgan fingerprint density at radius 1 is 1.33 bits per heavy atom. The topological polar surface area (TPSA) is 55.1 Å². The summed E-state index contributed by atoms with van der Waals surface area (Å²) in [5, 5.41) is 2.47. The summed E-state index contributed by atoms with van der Waals surface area (Å²) in [5.74, 6) is 0. The van der Waals surface area contributed by atoms with E-state index in [1.807, 2.05) is 24.3 Å². The molecule has 3 N–H and O–H groups in total. The molecular weight excluding hydrogens is 152 g/mol. The lowest BCUT2D eigenvalue weighted by Crippen LogP contribution is -2.14. The second kappa shape index (κ2) is 4.38. The van der Waals surface area contributed by atoms with Gasteiger partial charge in [0.15, 0.2) is 0 Å². The molecule has 0 aliphatic carbocycles. The van der Waals surface area contributed by atoms with E-state index in [4.69, 9.17) is 5.73 Å². The van der Waals surface area contributed by atoms with Crippen molar-refractivity contribution < 1.29 is 4.79 Å². The highest BCUT2D eigenvalue weighted by Crippen LogP contribution is 2.05. The standard InChI is InChI=1S/C9H11N2O/c10-9-3-1-8(2-4-9)5-6-11-7-12/h1-4H,5-6,10H2,(H,11,12). The highest BCUT2D eigenvalue weighted by molar-refractivity contribution is 5.47. The minimum Gasteiger partial charge on any atom is -0.399 e. The molecule has 0 spiro atoms. The van der Waals surface area contributed by atoms with Crippen molar-refractivity contribution in [3.8, 4) is 0 Å². The molecule has 0 aromatic heterocycles. The number of amides is 1. The highest BCUT2D eigenvalue weighted by Gasteiger charge is 1.91. The Morgan fingerprint density at radius 2 is 2.00 bits per heavy atom. The number of nitrogen functional groups attached to an aromatic ring is 1. The number of nitrogens with one attached hydrogen (secondary N) is 1. The van der Waals surface area contributed by atoms with Crippen LogP contribution >= 0.6 is 0 Å². The van der Waals surface area contributed by atoms with Gasteiger partial charge in [-0.25, -0.2) is 0 Å². The van der Waals surface area contributed by atoms with Gasteiger partial charge in [0.2, 0.25) is 0 Å². The SMILES string of the molecule is Nc1ccc(CCN[C]=O)cc1. The zero-order valence-electron chi connectivity index (χ0n) is 6.71. The van der Waals surface area contributed by atoms with Crippen LogP contribution in [0.25, 0.3) is 0 Å². The first-order valence-corrected chi connectivity index (χ1v) is 3.77. The summed E-state index contributed by atoms with van der Waals surface area (Å²) in [6, 6.07) is 7.59. The van der Waals surface area contributed by atoms with E-state index in [0.29, 0.717) is 6.54 Å². The Labute approximate surface area is 71.6 Å². The zero-order valence-corrected chi connectivity index (χ0v) is 6.71. The van der Waals surface area contributed by atoms with Crippen molar-refractivity contribution in [1.29, 1.82) is 0 Å². The first kappa shape index (κ1) is 8.59. The molecule has 12 heavy (non-hydrogen) atoms. The van der Waals surface area contributed by atoms with Gasteiger partial charge in [0.25, 0.3) is 0 Å². The Bertz CT molecular complexity index is 243. The maximum absolute atomic E-state index is 9.79. The van der Waals surface area contributed by atoms with Gasteiger partial charge in [0, 0.05) is 12.2 Å². The summed E-state index contributed by atoms with van der Waals surface area (Å²) in [6.45, 7) is 0.618. The zero-order chi connectivity index (χ0) is 8.81. The number of anilines is 1. The molecule has 0 fully saturated rings. The minimum absolute atomic E-state index is 0.618. The maximum atomic E-state index is 9.79. The van der Waals surface area contributed by atoms with Gasteiger partial charge in [-0.3, -0.25) is 4.79 Å². The van der Waals surface area contributed by atoms with E-state index in [9.17, 15) is 4.79 Å². The van der Waals surface area contributed by atoms with Crippen LogP contribution in [0.1, 0.15) is 5.56 Å². The highest BCUT2D eigenvalue weighted by atomic mass is 16.1. The Hall–Kier alpha value is -1.51. The van der Waals surface area contributed by atoms with Crippen molar-refractivity contribution in [1.82, 2.24) is 5.32 Å². The molecule has 0 saturated heterocycles. The fourth-order valence-electron chi connectivity index (χ4n) is 0.942. The van der Waals surface area contributed by atoms with E-state index >= 15 is 0 Å². The van der Waals surface area contributed by atoms with Gasteiger partial charge in [-0.15, -0.1) is 0 Å². The van der Waals surface area contributed by atoms with Crippen molar-refractivity contribution >= 4 is 12.1 Å². The molecule has 0 bridgehead atoms. The Kier molecular flexibility index (Phi) is 3.14. The second-order valence-corrected chi connectivity index (χ2v) is 2.52. The molecule has 1 aromatic rings. The van der Waals surface area contributed by atoms with Gasteiger partial charge >= 0.3 is 6.41 Å². The third-order valence-corrected chi connectivity index (χ3v) is 1.59. The molecule has 1 rings (SSSR count). The fourth-order valence-corrected chi connectivity index (χ4v) is 0.942. The molecule has 0 unspecified atom stereocenters. The maximum Gasteiger partial charge on any atom is 0.309 e. The fraction of sp³-hybridized carbons (Fsp3) is 0.222. The predicted octanol–water partition coefficient (Wildman–Crippen LogP) is 0.468. The van der Waals surface area contributed by atoms with Gasteiger partial charge < -0.3 is 11.1 Å². The smallest absolute Gasteiger partial charge is 0.309 e. The van der Waals surface area contributed by atoms with E-state index in [1.54, 1.807) is 6.41 Å². The molecule has 63 valence electrons. The number of benzene rings is 1. The van der Waals surface area contributed by atoms with Crippen LogP contribution < -0.4 is 11.1 Å². The first-order chi connectivity index (χ1) is 5.83. The molecule has 3 nitrogen and oxygen atoms in total. The van der Waals surface area contributed by atoms with Crippen LogP contribution in [0, 0.1) is 0 Å². The van der Waals surface area contributed by atoms with Gasteiger partial charge in [0.1, 0.15) is 0 Å². The Balaban J connectivity index is 2.42. The first-order valence-electron chi connectivity index (χ1n) is 3.77. The average Bonchev–Trinajstić information content (AvgIpc) is 2.09. The molecular formula is C9H11N2O. The van der Waals surface area contributed by atoms with Crippen molar-refractivity contribution in [3.63, 3.8) is 0 Å². The number of nitrogens with two attached hydrogens (primary N) is 1. The monoisotopic (exact) mass is 163 g/mol.